The molecule has 1 atom stereocenters. The van der Waals surface area contributed by atoms with Gasteiger partial charge in [0.15, 0.2) is 5.76 Å². The number of imidazole rings is 1. The van der Waals surface area contributed by atoms with Gasteiger partial charge >= 0.3 is 5.84 Å². The lowest BCUT2D eigenvalue weighted by Crippen LogP contribution is -2.36. The molecule has 0 fully saturated rings. The quantitative estimate of drug-likeness (QED) is 0.727. The van der Waals surface area contributed by atoms with Gasteiger partial charge in [-0.25, -0.2) is 14.4 Å². The normalized spacial score (nSPS) is 18.8. The van der Waals surface area contributed by atoms with Crippen molar-refractivity contribution in [1.29, 1.82) is 0 Å². The van der Waals surface area contributed by atoms with E-state index in [-0.39, 0.29) is 12.0 Å². The largest absolute Gasteiger partial charge is 0.423 e. The van der Waals surface area contributed by atoms with E-state index < -0.39 is 0 Å². The molecule has 3 aromatic rings. The van der Waals surface area contributed by atoms with Crippen molar-refractivity contribution in [1.82, 2.24) is 14.3 Å². The Morgan fingerprint density at radius 1 is 1.21 bits per heavy atom. The minimum Gasteiger partial charge on any atom is -0.423 e. The van der Waals surface area contributed by atoms with Gasteiger partial charge in [0.05, 0.1) is 11.9 Å². The molecule has 1 aromatic carbocycles. The van der Waals surface area contributed by atoms with Crippen LogP contribution in [0.15, 0.2) is 70.7 Å². The highest BCUT2D eigenvalue weighted by atomic mass is 19.1. The predicted molar refractivity (Wildman–Crippen MR) is 87.7 cm³/mol. The molecule has 0 saturated carbocycles. The number of hydrogen-bond donors (Lipinski definition) is 0. The molecule has 118 valence electrons. The van der Waals surface area contributed by atoms with Gasteiger partial charge in [-0.3, -0.25) is 4.40 Å². The zero-order chi connectivity index (χ0) is 16.1. The number of nitrogens with zero attached hydrogens (tertiary/aromatic N) is 5. The van der Waals surface area contributed by atoms with E-state index in [1.54, 1.807) is 35.4 Å². The third kappa shape index (κ3) is 1.88. The molecule has 1 unspecified atom stereocenters. The summed E-state index contributed by atoms with van der Waals surface area (Å²) in [7, 11) is 0. The van der Waals surface area contributed by atoms with Crippen molar-refractivity contribution >= 4 is 17.9 Å². The lowest BCUT2D eigenvalue weighted by Gasteiger charge is -2.28. The summed E-state index contributed by atoms with van der Waals surface area (Å²) in [5.41, 5.74) is 1.39. The second-order valence-corrected chi connectivity index (χ2v) is 5.54. The summed E-state index contributed by atoms with van der Waals surface area (Å²) >= 11 is 0. The second kappa shape index (κ2) is 4.82. The molecule has 0 aliphatic carbocycles. The number of oxazole rings is 1. The molecule has 2 aliphatic rings. The summed E-state index contributed by atoms with van der Waals surface area (Å²) in [4.78, 5) is 6.09. The molecule has 5 rings (SSSR count). The lowest BCUT2D eigenvalue weighted by atomic mass is 10.1. The van der Waals surface area contributed by atoms with Crippen LogP contribution >= 0.6 is 0 Å². The monoisotopic (exact) mass is 321 g/mol. The van der Waals surface area contributed by atoms with Gasteiger partial charge < -0.3 is 9.32 Å². The van der Waals surface area contributed by atoms with Crippen molar-refractivity contribution in [2.75, 3.05) is 5.01 Å². The Morgan fingerprint density at radius 3 is 3.08 bits per heavy atom. The molecular weight excluding hydrogens is 309 g/mol. The predicted octanol–water partition coefficient (Wildman–Crippen LogP) is 3.21. The van der Waals surface area contributed by atoms with Crippen molar-refractivity contribution in [2.45, 2.75) is 6.17 Å². The Kier molecular flexibility index (Phi) is 2.64. The average Bonchev–Trinajstić information content (AvgIpc) is 3.29. The molecule has 0 N–H and O–H groups in total. The molecule has 0 bridgehead atoms. The first-order chi connectivity index (χ1) is 11.8. The first-order valence-corrected chi connectivity index (χ1v) is 7.48. The van der Waals surface area contributed by atoms with Gasteiger partial charge in [0.25, 0.3) is 0 Å². The zero-order valence-corrected chi connectivity index (χ0v) is 12.5. The molecule has 0 saturated heterocycles. The van der Waals surface area contributed by atoms with Crippen LogP contribution in [0.3, 0.4) is 0 Å². The van der Waals surface area contributed by atoms with Crippen molar-refractivity contribution in [3.05, 3.63) is 67.0 Å². The van der Waals surface area contributed by atoms with E-state index in [0.717, 1.165) is 5.69 Å². The fourth-order valence-electron chi connectivity index (χ4n) is 2.96. The molecular formula is C17H12FN5O. The second-order valence-electron chi connectivity index (χ2n) is 5.54. The third-order valence-electron chi connectivity index (χ3n) is 4.08. The van der Waals surface area contributed by atoms with Crippen LogP contribution in [0.25, 0.3) is 17.2 Å². The van der Waals surface area contributed by atoms with Crippen LogP contribution in [0.1, 0.15) is 0 Å². The molecule has 24 heavy (non-hydrogen) atoms. The Labute approximate surface area is 136 Å². The highest BCUT2D eigenvalue weighted by molar-refractivity contribution is 5.79. The first kappa shape index (κ1) is 13.1. The topological polar surface area (TPSA) is 49.3 Å². The van der Waals surface area contributed by atoms with E-state index >= 15 is 0 Å². The minimum absolute atomic E-state index is 0.0711. The number of anilines is 1. The summed E-state index contributed by atoms with van der Waals surface area (Å²) in [6.07, 6.45) is 14.8. The van der Waals surface area contributed by atoms with Crippen LogP contribution in [0.5, 0.6) is 0 Å². The number of allylic oxidation sites excluding steroid dienone is 2. The van der Waals surface area contributed by atoms with E-state index in [0.29, 0.717) is 17.2 Å². The Bertz CT molecular complexity index is 987. The number of hydrogen-bond acceptors (Lipinski definition) is 5. The minimum atomic E-state index is -0.332. The molecule has 7 heteroatoms. The highest BCUT2D eigenvalue weighted by Crippen LogP contribution is 2.36. The molecule has 0 spiro atoms. The molecule has 0 amide bonds. The van der Waals surface area contributed by atoms with Gasteiger partial charge in [0.2, 0.25) is 0 Å². The maximum Gasteiger partial charge on any atom is 0.306 e. The van der Waals surface area contributed by atoms with Crippen LogP contribution in [0.4, 0.5) is 10.1 Å². The van der Waals surface area contributed by atoms with Gasteiger partial charge in [0, 0.05) is 24.2 Å². The molecule has 6 nitrogen and oxygen atoms in total. The summed E-state index contributed by atoms with van der Waals surface area (Å²) in [6, 6.07) is 4.59. The van der Waals surface area contributed by atoms with E-state index in [9.17, 15) is 4.39 Å². The number of aromatic nitrogens is 2. The van der Waals surface area contributed by atoms with E-state index in [1.165, 1.54) is 12.1 Å². The fraction of sp³-hybridized carbons (Fsp3) is 0.0588. The smallest absolute Gasteiger partial charge is 0.306 e. The number of hydrazone groups is 1. The van der Waals surface area contributed by atoms with Crippen molar-refractivity contribution in [3.63, 3.8) is 0 Å². The Hall–Kier alpha value is -3.35. The zero-order valence-electron chi connectivity index (χ0n) is 12.5. The SMILES string of the molecule is Fc1ccc(N2N=CN3C=CC=CC32)c(-c2cn3ccnc3o2)c1. The molecule has 2 aliphatic heterocycles. The summed E-state index contributed by atoms with van der Waals surface area (Å²) < 4.78 is 21.4. The number of benzene rings is 1. The van der Waals surface area contributed by atoms with Crippen LogP contribution in [-0.2, 0) is 0 Å². The first-order valence-electron chi connectivity index (χ1n) is 7.48. The fourth-order valence-corrected chi connectivity index (χ4v) is 2.96. The number of fused-ring (bicyclic) bond motifs is 2. The molecule has 0 radical (unpaired) electrons. The average molecular weight is 321 g/mol. The van der Waals surface area contributed by atoms with Crippen molar-refractivity contribution in [3.8, 4) is 11.3 Å². The van der Waals surface area contributed by atoms with Crippen LogP contribution in [-0.4, -0.2) is 26.8 Å². The highest BCUT2D eigenvalue weighted by Gasteiger charge is 2.29. The number of halogens is 1. The van der Waals surface area contributed by atoms with Crippen molar-refractivity contribution < 1.29 is 8.81 Å². The summed E-state index contributed by atoms with van der Waals surface area (Å²) in [6.45, 7) is 0. The van der Waals surface area contributed by atoms with Crippen molar-refractivity contribution in [2.24, 2.45) is 5.10 Å². The van der Waals surface area contributed by atoms with Gasteiger partial charge in [0.1, 0.15) is 18.3 Å². The van der Waals surface area contributed by atoms with Gasteiger partial charge in [-0.15, -0.1) is 0 Å². The lowest BCUT2D eigenvalue weighted by molar-refractivity contribution is 0.494. The Balaban J connectivity index is 1.64. The van der Waals surface area contributed by atoms with Crippen LogP contribution in [0, 0.1) is 5.82 Å². The number of rotatable bonds is 2. The molecule has 4 heterocycles. The van der Waals surface area contributed by atoms with E-state index in [1.807, 2.05) is 34.3 Å². The third-order valence-corrected chi connectivity index (χ3v) is 4.08. The maximum absolute atomic E-state index is 13.9. The standard InChI is InChI=1S/C17H12FN5O/c18-12-4-5-14(23-16-3-1-2-7-22(16)11-20-23)13(9-12)15-10-21-8-6-19-17(21)24-15/h1-11,16H. The van der Waals surface area contributed by atoms with Crippen LogP contribution in [0.2, 0.25) is 0 Å². The maximum atomic E-state index is 13.9. The van der Waals surface area contributed by atoms with E-state index in [4.69, 9.17) is 4.42 Å². The summed E-state index contributed by atoms with van der Waals surface area (Å²) in [5.74, 6) is 0.672. The Morgan fingerprint density at radius 2 is 2.17 bits per heavy atom. The van der Waals surface area contributed by atoms with Gasteiger partial charge in [-0.2, -0.15) is 5.10 Å². The van der Waals surface area contributed by atoms with Gasteiger partial charge in [-0.1, -0.05) is 6.08 Å². The summed E-state index contributed by atoms with van der Waals surface area (Å²) in [5, 5.41) is 6.29. The molecule has 2 aromatic heterocycles. The van der Waals surface area contributed by atoms with Gasteiger partial charge in [-0.05, 0) is 30.4 Å². The van der Waals surface area contributed by atoms with E-state index in [2.05, 4.69) is 10.1 Å². The van der Waals surface area contributed by atoms with Crippen LogP contribution < -0.4 is 5.01 Å².